The number of ether oxygens (including phenoxy) is 3. The van der Waals surface area contributed by atoms with Gasteiger partial charge in [-0.1, -0.05) is 0 Å². The first-order valence-electron chi connectivity index (χ1n) is 9.87. The van der Waals surface area contributed by atoms with E-state index < -0.39 is 5.41 Å². The fourth-order valence-electron chi connectivity index (χ4n) is 3.13. The van der Waals surface area contributed by atoms with Crippen LogP contribution in [0.4, 0.5) is 0 Å². The summed E-state index contributed by atoms with van der Waals surface area (Å²) in [7, 11) is 1.54. The predicted octanol–water partition coefficient (Wildman–Crippen LogP) is 2.75. The maximum atomic E-state index is 12.8. The van der Waals surface area contributed by atoms with Crippen molar-refractivity contribution in [3.63, 3.8) is 0 Å². The van der Waals surface area contributed by atoms with Crippen molar-refractivity contribution in [2.24, 2.45) is 11.3 Å². The lowest BCUT2D eigenvalue weighted by atomic mass is 9.98. The molecule has 1 aromatic heterocycles. The Morgan fingerprint density at radius 3 is 2.57 bits per heavy atom. The third-order valence-corrected chi connectivity index (χ3v) is 4.99. The second-order valence-corrected chi connectivity index (χ2v) is 8.36. The van der Waals surface area contributed by atoms with Crippen molar-refractivity contribution in [2.45, 2.75) is 40.3 Å². The molecule has 0 saturated carbocycles. The summed E-state index contributed by atoms with van der Waals surface area (Å²) in [4.78, 5) is 29.1. The minimum Gasteiger partial charge on any atom is -0.493 e. The normalized spacial score (nSPS) is 14.8. The minimum absolute atomic E-state index is 0. The Morgan fingerprint density at radius 1 is 1.23 bits per heavy atom. The van der Waals surface area contributed by atoms with E-state index in [2.05, 4.69) is 10.3 Å². The molecule has 0 bridgehead atoms. The number of nitrogens with one attached hydrogen (secondary N) is 1. The highest BCUT2D eigenvalue weighted by Crippen LogP contribution is 2.31. The third kappa shape index (κ3) is 5.64. The van der Waals surface area contributed by atoms with Crippen LogP contribution in [-0.4, -0.2) is 42.3 Å². The van der Waals surface area contributed by atoms with Gasteiger partial charge in [0.15, 0.2) is 18.2 Å². The number of methoxy groups -OCH3 is 1. The van der Waals surface area contributed by atoms with Gasteiger partial charge < -0.3 is 19.5 Å². The minimum atomic E-state index is -0.641. The van der Waals surface area contributed by atoms with Crippen LogP contribution in [0.5, 0.6) is 11.5 Å². The number of piperidine rings is 1. The summed E-state index contributed by atoms with van der Waals surface area (Å²) >= 11 is 0. The molecular formula is C21H30ClN3O5. The van der Waals surface area contributed by atoms with Crippen LogP contribution in [0.25, 0.3) is 10.9 Å². The number of carbonyl (C=O) groups excluding carboxylic acids is 1. The molecule has 9 heteroatoms. The molecular weight excluding hydrogens is 410 g/mol. The lowest BCUT2D eigenvalue weighted by molar-refractivity contribution is -0.157. The summed E-state index contributed by atoms with van der Waals surface area (Å²) < 4.78 is 17.9. The summed E-state index contributed by atoms with van der Waals surface area (Å²) in [6, 6.07) is 3.35. The van der Waals surface area contributed by atoms with Gasteiger partial charge in [0.05, 0.1) is 30.0 Å². The van der Waals surface area contributed by atoms with Gasteiger partial charge in [0.25, 0.3) is 5.56 Å². The molecule has 0 spiro atoms. The van der Waals surface area contributed by atoms with E-state index in [0.29, 0.717) is 34.9 Å². The lowest BCUT2D eigenvalue weighted by Crippen LogP contribution is -2.30. The molecule has 1 N–H and O–H groups in total. The van der Waals surface area contributed by atoms with Gasteiger partial charge >= 0.3 is 5.97 Å². The lowest BCUT2D eigenvalue weighted by Gasteiger charge is -2.23. The fraction of sp³-hybridized carbons (Fsp3) is 0.571. The number of hydrogen-bond donors (Lipinski definition) is 1. The molecule has 30 heavy (non-hydrogen) atoms. The number of esters is 1. The van der Waals surface area contributed by atoms with Crippen molar-refractivity contribution in [3.8, 4) is 11.5 Å². The van der Waals surface area contributed by atoms with Gasteiger partial charge in [-0.3, -0.25) is 14.2 Å². The summed E-state index contributed by atoms with van der Waals surface area (Å²) in [6.07, 6.45) is 3.53. The van der Waals surface area contributed by atoms with Gasteiger partial charge in [0.2, 0.25) is 0 Å². The second kappa shape index (κ2) is 10.1. The number of carbonyl (C=O) groups is 1. The molecule has 0 unspecified atom stereocenters. The summed E-state index contributed by atoms with van der Waals surface area (Å²) in [6.45, 7) is 7.69. The van der Waals surface area contributed by atoms with Crippen molar-refractivity contribution in [1.82, 2.24) is 14.9 Å². The number of rotatable bonds is 6. The molecule has 1 saturated heterocycles. The molecule has 0 aliphatic carbocycles. The fourth-order valence-corrected chi connectivity index (χ4v) is 3.13. The highest BCUT2D eigenvalue weighted by molar-refractivity contribution is 5.85. The smallest absolute Gasteiger partial charge is 0.312 e. The molecule has 1 aliphatic rings. The molecule has 0 amide bonds. The Hall–Kier alpha value is -2.32. The maximum absolute atomic E-state index is 12.8. The Bertz CT molecular complexity index is 933. The van der Waals surface area contributed by atoms with Crippen molar-refractivity contribution < 1.29 is 19.0 Å². The molecule has 8 nitrogen and oxygen atoms in total. The van der Waals surface area contributed by atoms with Crippen LogP contribution in [0.1, 0.15) is 33.6 Å². The van der Waals surface area contributed by atoms with Gasteiger partial charge in [-0.15, -0.1) is 12.4 Å². The van der Waals surface area contributed by atoms with Crippen LogP contribution in [-0.2, 0) is 16.3 Å². The molecule has 0 atom stereocenters. The zero-order chi connectivity index (χ0) is 21.0. The maximum Gasteiger partial charge on any atom is 0.312 e. The average molecular weight is 440 g/mol. The largest absolute Gasteiger partial charge is 0.493 e. The van der Waals surface area contributed by atoms with E-state index in [0.717, 1.165) is 25.9 Å². The highest BCUT2D eigenvalue weighted by atomic mass is 35.5. The molecule has 2 heterocycles. The number of halogens is 1. The predicted molar refractivity (Wildman–Crippen MR) is 116 cm³/mol. The topological polar surface area (TPSA) is 91.7 Å². The standard InChI is InChI=1S/C21H29N3O5.ClH/c1-21(2,3)20(26)29-13-24-12-23-16-10-18(17(27-4)9-15(16)19(24)25)28-11-14-5-7-22-8-6-14;/h9-10,12,14,22H,5-8,11,13H2,1-4H3;1H. The van der Waals surface area contributed by atoms with Crippen LogP contribution in [0.3, 0.4) is 0 Å². The third-order valence-electron chi connectivity index (χ3n) is 4.99. The van der Waals surface area contributed by atoms with Gasteiger partial charge in [0.1, 0.15) is 6.33 Å². The van der Waals surface area contributed by atoms with E-state index in [-0.39, 0.29) is 30.7 Å². The molecule has 0 radical (unpaired) electrons. The van der Waals surface area contributed by atoms with E-state index >= 15 is 0 Å². The Kier molecular flexibility index (Phi) is 8.09. The van der Waals surface area contributed by atoms with Crippen LogP contribution < -0.4 is 20.3 Å². The number of nitrogens with zero attached hydrogens (tertiary/aromatic N) is 2. The van der Waals surface area contributed by atoms with E-state index in [1.165, 1.54) is 10.9 Å². The zero-order valence-corrected chi connectivity index (χ0v) is 18.7. The number of aromatic nitrogens is 2. The van der Waals surface area contributed by atoms with Crippen molar-refractivity contribution in [3.05, 3.63) is 28.8 Å². The van der Waals surface area contributed by atoms with Crippen molar-refractivity contribution in [1.29, 1.82) is 0 Å². The number of fused-ring (bicyclic) bond motifs is 1. The van der Waals surface area contributed by atoms with Gasteiger partial charge in [-0.2, -0.15) is 0 Å². The summed E-state index contributed by atoms with van der Waals surface area (Å²) in [5, 5.41) is 3.72. The van der Waals surface area contributed by atoms with Crippen LogP contribution in [0, 0.1) is 11.3 Å². The van der Waals surface area contributed by atoms with E-state index in [1.54, 1.807) is 40.0 Å². The quantitative estimate of drug-likeness (QED) is 0.692. The van der Waals surface area contributed by atoms with E-state index in [1.807, 2.05) is 0 Å². The average Bonchev–Trinajstić information content (AvgIpc) is 2.71. The van der Waals surface area contributed by atoms with Crippen LogP contribution in [0.2, 0.25) is 0 Å². The first-order chi connectivity index (χ1) is 13.8. The molecule has 3 rings (SSSR count). The van der Waals surface area contributed by atoms with Gasteiger partial charge in [-0.05, 0) is 58.7 Å². The SMILES string of the molecule is COc1cc2c(=O)n(COC(=O)C(C)(C)C)cnc2cc1OCC1CCNCC1.Cl. The van der Waals surface area contributed by atoms with Crippen LogP contribution in [0.15, 0.2) is 23.3 Å². The zero-order valence-electron chi connectivity index (χ0n) is 17.9. The highest BCUT2D eigenvalue weighted by Gasteiger charge is 2.23. The Morgan fingerprint density at radius 2 is 1.93 bits per heavy atom. The van der Waals surface area contributed by atoms with Crippen LogP contribution >= 0.6 is 12.4 Å². The second-order valence-electron chi connectivity index (χ2n) is 8.36. The molecule has 1 aliphatic heterocycles. The first kappa shape index (κ1) is 24.0. The summed E-state index contributed by atoms with van der Waals surface area (Å²) in [5.74, 6) is 1.16. The Balaban J connectivity index is 0.00000320. The number of benzene rings is 1. The van der Waals surface area contributed by atoms with Crippen molar-refractivity contribution in [2.75, 3.05) is 26.8 Å². The number of hydrogen-bond acceptors (Lipinski definition) is 7. The summed E-state index contributed by atoms with van der Waals surface area (Å²) in [5.41, 5.74) is -0.438. The van der Waals surface area contributed by atoms with E-state index in [4.69, 9.17) is 14.2 Å². The van der Waals surface area contributed by atoms with Crippen molar-refractivity contribution >= 4 is 29.3 Å². The van der Waals surface area contributed by atoms with E-state index in [9.17, 15) is 9.59 Å². The molecule has 166 valence electrons. The van der Waals surface area contributed by atoms with Gasteiger partial charge in [0, 0.05) is 6.07 Å². The molecule has 1 fully saturated rings. The first-order valence-corrected chi connectivity index (χ1v) is 9.87. The van der Waals surface area contributed by atoms with Gasteiger partial charge in [-0.25, -0.2) is 4.98 Å². The monoisotopic (exact) mass is 439 g/mol. The Labute approximate surface area is 182 Å². The molecule has 2 aromatic rings. The molecule has 1 aromatic carbocycles.